The fourth-order valence-electron chi connectivity index (χ4n) is 5.07. The number of aromatic nitrogens is 1. The maximum atomic E-state index is 13.8. The third-order valence-electron chi connectivity index (χ3n) is 7.11. The number of nitrogens with one attached hydrogen (secondary N) is 1. The van der Waals surface area contributed by atoms with Crippen molar-refractivity contribution < 1.29 is 14.3 Å². The van der Waals surface area contributed by atoms with Crippen LogP contribution < -0.4 is 20.5 Å². The Morgan fingerprint density at radius 3 is 2.46 bits per heavy atom. The molecule has 0 spiro atoms. The van der Waals surface area contributed by atoms with Crippen LogP contribution in [-0.4, -0.2) is 48.5 Å². The van der Waals surface area contributed by atoms with Crippen molar-refractivity contribution in [2.24, 2.45) is 0 Å². The first kappa shape index (κ1) is 25.4. The number of nitrogens with zero attached hydrogens (tertiary/aromatic N) is 3. The standard InChI is InChI=1S/C30H29ClN4O4/c31-24-8-6-21(7-9-24)16-32-30(37)26-19-35-28-25(29(26)36)14-23(17-33-10-12-38-13-11-33)15-27(28)39-20-34(35)18-22-4-2-1-3-5-22/h1-9,14-15,19H,10-13,16-18,20H2,(H,32,37). The van der Waals surface area contributed by atoms with E-state index in [-0.39, 0.29) is 24.3 Å². The zero-order valence-corrected chi connectivity index (χ0v) is 22.2. The summed E-state index contributed by atoms with van der Waals surface area (Å²) in [7, 11) is 0. The van der Waals surface area contributed by atoms with Gasteiger partial charge in [0.1, 0.15) is 16.8 Å². The summed E-state index contributed by atoms with van der Waals surface area (Å²) < 4.78 is 13.6. The molecule has 0 atom stereocenters. The predicted octanol–water partition coefficient (Wildman–Crippen LogP) is 3.91. The van der Waals surface area contributed by atoms with Crippen LogP contribution in [0.25, 0.3) is 10.9 Å². The first-order chi connectivity index (χ1) is 19.0. The Kier molecular flexibility index (Phi) is 7.24. The highest BCUT2D eigenvalue weighted by molar-refractivity contribution is 6.30. The van der Waals surface area contributed by atoms with Gasteiger partial charge in [-0.1, -0.05) is 54.1 Å². The van der Waals surface area contributed by atoms with Gasteiger partial charge < -0.3 is 14.8 Å². The molecule has 1 amide bonds. The van der Waals surface area contributed by atoms with Gasteiger partial charge in [-0.25, -0.2) is 0 Å². The lowest BCUT2D eigenvalue weighted by molar-refractivity contribution is 0.0342. The fourth-order valence-corrected chi connectivity index (χ4v) is 5.20. The molecule has 1 aromatic heterocycles. The summed E-state index contributed by atoms with van der Waals surface area (Å²) in [5.74, 6) is 0.220. The van der Waals surface area contributed by atoms with Crippen molar-refractivity contribution in [3.63, 3.8) is 0 Å². The minimum Gasteiger partial charge on any atom is -0.469 e. The van der Waals surface area contributed by atoms with Gasteiger partial charge >= 0.3 is 0 Å². The third kappa shape index (κ3) is 5.49. The number of morpholine rings is 1. The van der Waals surface area contributed by atoms with Crippen LogP contribution in [-0.2, 0) is 24.4 Å². The van der Waals surface area contributed by atoms with E-state index in [0.717, 1.165) is 29.8 Å². The van der Waals surface area contributed by atoms with Gasteiger partial charge in [0.15, 0.2) is 6.73 Å². The van der Waals surface area contributed by atoms with Crippen LogP contribution in [0.1, 0.15) is 27.0 Å². The molecule has 4 aromatic rings. The summed E-state index contributed by atoms with van der Waals surface area (Å²) >= 11 is 5.99. The maximum absolute atomic E-state index is 13.8. The Balaban J connectivity index is 1.39. The lowest BCUT2D eigenvalue weighted by Crippen LogP contribution is -2.42. The minimum absolute atomic E-state index is 0.0888. The van der Waals surface area contributed by atoms with E-state index in [1.54, 1.807) is 18.3 Å². The summed E-state index contributed by atoms with van der Waals surface area (Å²) in [5.41, 5.74) is 3.40. The van der Waals surface area contributed by atoms with Gasteiger partial charge in [0.2, 0.25) is 5.43 Å². The summed E-state index contributed by atoms with van der Waals surface area (Å²) in [6.45, 7) is 4.84. The van der Waals surface area contributed by atoms with Crippen molar-refractivity contribution in [2.45, 2.75) is 19.6 Å². The molecule has 2 aliphatic heterocycles. The lowest BCUT2D eigenvalue weighted by Gasteiger charge is -2.34. The Bertz CT molecular complexity index is 1550. The predicted molar refractivity (Wildman–Crippen MR) is 151 cm³/mol. The molecule has 6 rings (SSSR count). The number of amides is 1. The number of benzene rings is 3. The SMILES string of the molecule is O=C(NCc1ccc(Cl)cc1)c1cn2c3c(cc(CN4CCOCC4)cc3c1=O)OCN2Cc1ccccc1. The largest absolute Gasteiger partial charge is 0.469 e. The second-order valence-corrected chi connectivity index (χ2v) is 10.3. The van der Waals surface area contributed by atoms with Gasteiger partial charge in [-0.05, 0) is 41.0 Å². The van der Waals surface area contributed by atoms with Gasteiger partial charge in [0, 0.05) is 37.4 Å². The van der Waals surface area contributed by atoms with Crippen LogP contribution in [0.5, 0.6) is 5.75 Å². The second kappa shape index (κ2) is 11.1. The molecule has 3 heterocycles. The molecular weight excluding hydrogens is 516 g/mol. The van der Waals surface area contributed by atoms with Crippen LogP contribution in [0.2, 0.25) is 5.02 Å². The highest BCUT2D eigenvalue weighted by atomic mass is 35.5. The average Bonchev–Trinajstić information content (AvgIpc) is 2.96. The van der Waals surface area contributed by atoms with Gasteiger partial charge in [-0.3, -0.25) is 24.2 Å². The molecule has 0 radical (unpaired) electrons. The van der Waals surface area contributed by atoms with E-state index >= 15 is 0 Å². The third-order valence-corrected chi connectivity index (χ3v) is 7.36. The molecule has 3 aromatic carbocycles. The average molecular weight is 545 g/mol. The van der Waals surface area contributed by atoms with Crippen LogP contribution >= 0.6 is 11.6 Å². The normalized spacial score (nSPS) is 15.3. The van der Waals surface area contributed by atoms with E-state index in [1.165, 1.54) is 0 Å². The fraction of sp³-hybridized carbons (Fsp3) is 0.267. The number of pyridine rings is 1. The summed E-state index contributed by atoms with van der Waals surface area (Å²) in [6.07, 6.45) is 1.64. The quantitative estimate of drug-likeness (QED) is 0.380. The summed E-state index contributed by atoms with van der Waals surface area (Å²) in [6, 6.07) is 21.2. The molecule has 8 nitrogen and oxygen atoms in total. The first-order valence-electron chi connectivity index (χ1n) is 13.0. The highest BCUT2D eigenvalue weighted by Gasteiger charge is 2.25. The first-order valence-corrected chi connectivity index (χ1v) is 13.4. The number of ether oxygens (including phenoxy) is 2. The molecule has 0 unspecified atom stereocenters. The van der Waals surface area contributed by atoms with Gasteiger partial charge in [-0.15, -0.1) is 0 Å². The van der Waals surface area contributed by atoms with Crippen molar-refractivity contribution in [1.82, 2.24) is 14.9 Å². The van der Waals surface area contributed by atoms with E-state index in [2.05, 4.69) is 10.2 Å². The van der Waals surface area contributed by atoms with E-state index in [9.17, 15) is 9.59 Å². The highest BCUT2D eigenvalue weighted by Crippen LogP contribution is 2.31. The zero-order chi connectivity index (χ0) is 26.8. The topological polar surface area (TPSA) is 76.0 Å². The van der Waals surface area contributed by atoms with Crippen molar-refractivity contribution in [2.75, 3.05) is 38.0 Å². The Labute approximate surface area is 231 Å². The van der Waals surface area contributed by atoms with Crippen molar-refractivity contribution >= 4 is 28.4 Å². The van der Waals surface area contributed by atoms with Crippen LogP contribution in [0, 0.1) is 0 Å². The summed E-state index contributed by atoms with van der Waals surface area (Å²) in [5, 5.41) is 5.98. The van der Waals surface area contributed by atoms with Crippen molar-refractivity contribution in [1.29, 1.82) is 0 Å². The number of hydrogen-bond donors (Lipinski definition) is 1. The maximum Gasteiger partial charge on any atom is 0.257 e. The van der Waals surface area contributed by atoms with Crippen LogP contribution in [0.4, 0.5) is 0 Å². The van der Waals surface area contributed by atoms with Gasteiger partial charge in [0.25, 0.3) is 5.91 Å². The number of rotatable bonds is 7. The molecular formula is C30H29ClN4O4. The number of halogens is 1. The zero-order valence-electron chi connectivity index (χ0n) is 21.4. The molecule has 9 heteroatoms. The van der Waals surface area contributed by atoms with E-state index in [0.29, 0.717) is 48.0 Å². The van der Waals surface area contributed by atoms with E-state index in [1.807, 2.05) is 64.3 Å². The molecule has 200 valence electrons. The molecule has 1 fully saturated rings. The molecule has 0 saturated carbocycles. The number of carbonyl (C=O) groups is 1. The molecule has 1 saturated heterocycles. The minimum atomic E-state index is -0.424. The van der Waals surface area contributed by atoms with Crippen LogP contribution in [0.3, 0.4) is 0 Å². The van der Waals surface area contributed by atoms with Gasteiger partial charge in [0.05, 0.1) is 25.1 Å². The Morgan fingerprint density at radius 2 is 1.69 bits per heavy atom. The van der Waals surface area contributed by atoms with Crippen molar-refractivity contribution in [3.8, 4) is 5.75 Å². The monoisotopic (exact) mass is 544 g/mol. The van der Waals surface area contributed by atoms with Crippen LogP contribution in [0.15, 0.2) is 77.7 Å². The number of hydrogen-bond acceptors (Lipinski definition) is 6. The molecule has 1 N–H and O–H groups in total. The molecule has 2 aliphatic rings. The summed E-state index contributed by atoms with van der Waals surface area (Å²) in [4.78, 5) is 29.4. The number of carbonyl (C=O) groups excluding carboxylic acids is 1. The smallest absolute Gasteiger partial charge is 0.257 e. The molecule has 0 bridgehead atoms. The van der Waals surface area contributed by atoms with E-state index < -0.39 is 5.91 Å². The Hall–Kier alpha value is -3.85. The van der Waals surface area contributed by atoms with Gasteiger partial charge in [-0.2, -0.15) is 0 Å². The Morgan fingerprint density at radius 1 is 0.923 bits per heavy atom. The second-order valence-electron chi connectivity index (χ2n) is 9.83. The lowest BCUT2D eigenvalue weighted by atomic mass is 10.1. The molecule has 0 aliphatic carbocycles. The molecule has 39 heavy (non-hydrogen) atoms. The van der Waals surface area contributed by atoms with Crippen molar-refractivity contribution in [3.05, 3.63) is 110 Å². The van der Waals surface area contributed by atoms with E-state index in [4.69, 9.17) is 21.1 Å².